The Bertz CT molecular complexity index is 330. The largest absolute Gasteiger partial charge is 0.477 e. The quantitative estimate of drug-likeness (QED) is 0.563. The van der Waals surface area contributed by atoms with Crippen molar-refractivity contribution in [3.8, 4) is 5.88 Å². The summed E-state index contributed by atoms with van der Waals surface area (Å²) in [5.41, 5.74) is 1.21. The average Bonchev–Trinajstić information content (AvgIpc) is 3.12. The molecule has 0 radical (unpaired) electrons. The van der Waals surface area contributed by atoms with Gasteiger partial charge in [-0.15, -0.1) is 6.58 Å². The molecule has 3 heteroatoms. The van der Waals surface area contributed by atoms with E-state index in [0.29, 0.717) is 12.5 Å². The molecule has 1 fully saturated rings. The van der Waals surface area contributed by atoms with E-state index in [9.17, 15) is 0 Å². The molecule has 0 amide bonds. The van der Waals surface area contributed by atoms with Crippen molar-refractivity contribution in [1.82, 2.24) is 10.3 Å². The van der Waals surface area contributed by atoms with Gasteiger partial charge in [0.15, 0.2) is 0 Å². The maximum Gasteiger partial charge on any atom is 0.213 e. The minimum atomic E-state index is 0.649. The fraction of sp³-hybridized carbons (Fsp3) is 0.462. The first kappa shape index (κ1) is 11.1. The van der Waals surface area contributed by atoms with Gasteiger partial charge in [0, 0.05) is 24.8 Å². The Balaban J connectivity index is 1.76. The topological polar surface area (TPSA) is 34.1 Å². The van der Waals surface area contributed by atoms with Gasteiger partial charge in [-0.25, -0.2) is 4.98 Å². The summed E-state index contributed by atoms with van der Waals surface area (Å²) in [6, 6.07) is 4.72. The van der Waals surface area contributed by atoms with Crippen LogP contribution in [0.2, 0.25) is 0 Å². The van der Waals surface area contributed by atoms with Crippen molar-refractivity contribution in [2.24, 2.45) is 0 Å². The van der Waals surface area contributed by atoms with E-state index in [0.717, 1.165) is 19.0 Å². The molecule has 0 atom stereocenters. The third-order valence-electron chi connectivity index (χ3n) is 2.54. The molecule has 1 aromatic rings. The Kier molecular flexibility index (Phi) is 3.94. The lowest BCUT2D eigenvalue weighted by Crippen LogP contribution is -2.15. The van der Waals surface area contributed by atoms with E-state index >= 15 is 0 Å². The van der Waals surface area contributed by atoms with E-state index in [2.05, 4.69) is 22.9 Å². The van der Waals surface area contributed by atoms with Gasteiger partial charge < -0.3 is 10.1 Å². The summed E-state index contributed by atoms with van der Waals surface area (Å²) in [5.74, 6) is 0.692. The van der Waals surface area contributed by atoms with Crippen LogP contribution in [0.25, 0.3) is 0 Å². The summed E-state index contributed by atoms with van der Waals surface area (Å²) in [4.78, 5) is 4.25. The summed E-state index contributed by atoms with van der Waals surface area (Å²) in [5, 5.41) is 3.45. The van der Waals surface area contributed by atoms with Crippen LogP contribution in [-0.2, 0) is 6.54 Å². The van der Waals surface area contributed by atoms with Crippen molar-refractivity contribution < 1.29 is 4.74 Å². The smallest absolute Gasteiger partial charge is 0.213 e. The van der Waals surface area contributed by atoms with Crippen LogP contribution >= 0.6 is 0 Å². The molecule has 0 saturated heterocycles. The number of ether oxygens (including phenoxy) is 1. The molecule has 1 aromatic heterocycles. The first-order valence-electron chi connectivity index (χ1n) is 5.80. The highest BCUT2D eigenvalue weighted by molar-refractivity contribution is 5.17. The second-order valence-electron chi connectivity index (χ2n) is 4.09. The van der Waals surface area contributed by atoms with Crippen molar-refractivity contribution in [2.45, 2.75) is 31.8 Å². The summed E-state index contributed by atoms with van der Waals surface area (Å²) < 4.78 is 5.44. The second kappa shape index (κ2) is 5.66. The maximum absolute atomic E-state index is 5.44. The summed E-state index contributed by atoms with van der Waals surface area (Å²) in [6.07, 6.45) is 7.20. The Morgan fingerprint density at radius 1 is 1.50 bits per heavy atom. The predicted octanol–water partition coefficient (Wildman–Crippen LogP) is 2.29. The zero-order chi connectivity index (χ0) is 11.2. The van der Waals surface area contributed by atoms with Crippen molar-refractivity contribution in [1.29, 1.82) is 0 Å². The Hall–Kier alpha value is -1.35. The lowest BCUT2D eigenvalue weighted by molar-refractivity contribution is 0.312. The molecule has 0 spiro atoms. The molecule has 1 N–H and O–H groups in total. The Morgan fingerprint density at radius 3 is 3.00 bits per heavy atom. The molecule has 3 nitrogen and oxygen atoms in total. The van der Waals surface area contributed by atoms with Crippen molar-refractivity contribution in [3.05, 3.63) is 36.5 Å². The van der Waals surface area contributed by atoms with Gasteiger partial charge in [0.1, 0.15) is 0 Å². The third-order valence-corrected chi connectivity index (χ3v) is 2.54. The zero-order valence-electron chi connectivity index (χ0n) is 9.48. The van der Waals surface area contributed by atoms with E-state index in [-0.39, 0.29) is 0 Å². The number of hydrogen-bond acceptors (Lipinski definition) is 3. The van der Waals surface area contributed by atoms with Crippen LogP contribution in [-0.4, -0.2) is 17.6 Å². The Morgan fingerprint density at radius 2 is 2.38 bits per heavy atom. The van der Waals surface area contributed by atoms with E-state index in [1.54, 1.807) is 0 Å². The molecular formula is C13H18N2O. The highest BCUT2D eigenvalue weighted by Gasteiger charge is 2.19. The number of nitrogens with one attached hydrogen (secondary N) is 1. The zero-order valence-corrected chi connectivity index (χ0v) is 9.48. The van der Waals surface area contributed by atoms with Crippen molar-refractivity contribution >= 4 is 0 Å². The average molecular weight is 218 g/mol. The van der Waals surface area contributed by atoms with Gasteiger partial charge in [0.2, 0.25) is 5.88 Å². The predicted molar refractivity (Wildman–Crippen MR) is 64.4 cm³/mol. The van der Waals surface area contributed by atoms with Crippen LogP contribution in [0, 0.1) is 0 Å². The molecule has 0 bridgehead atoms. The molecular weight excluding hydrogens is 200 g/mol. The molecule has 2 rings (SSSR count). The van der Waals surface area contributed by atoms with Gasteiger partial charge in [-0.2, -0.15) is 0 Å². The van der Waals surface area contributed by atoms with E-state index in [4.69, 9.17) is 4.74 Å². The molecule has 0 aliphatic heterocycles. The van der Waals surface area contributed by atoms with Crippen LogP contribution < -0.4 is 10.1 Å². The number of rotatable bonds is 7. The normalized spacial score (nSPS) is 14.8. The van der Waals surface area contributed by atoms with Gasteiger partial charge in [0.25, 0.3) is 0 Å². The third kappa shape index (κ3) is 3.66. The number of nitrogens with zero attached hydrogens (tertiary/aromatic N) is 1. The number of aromatic nitrogens is 1. The molecule has 1 aliphatic rings. The maximum atomic E-state index is 5.44. The highest BCUT2D eigenvalue weighted by Crippen LogP contribution is 2.19. The first-order valence-corrected chi connectivity index (χ1v) is 5.80. The van der Waals surface area contributed by atoms with E-state index in [1.807, 2.05) is 18.3 Å². The highest BCUT2D eigenvalue weighted by atomic mass is 16.5. The van der Waals surface area contributed by atoms with E-state index < -0.39 is 0 Å². The molecule has 0 unspecified atom stereocenters. The molecule has 16 heavy (non-hydrogen) atoms. The number of pyridine rings is 1. The van der Waals surface area contributed by atoms with Crippen molar-refractivity contribution in [2.75, 3.05) is 6.61 Å². The fourth-order valence-electron chi connectivity index (χ4n) is 1.40. The lowest BCUT2D eigenvalue weighted by atomic mass is 10.3. The minimum absolute atomic E-state index is 0.649. The van der Waals surface area contributed by atoms with Crippen molar-refractivity contribution in [3.63, 3.8) is 0 Å². The molecule has 1 saturated carbocycles. The molecule has 1 aliphatic carbocycles. The molecule has 0 aromatic carbocycles. The van der Waals surface area contributed by atoms with Crippen LogP contribution in [0.5, 0.6) is 5.88 Å². The molecule has 86 valence electrons. The van der Waals surface area contributed by atoms with Crippen LogP contribution in [0.1, 0.15) is 24.8 Å². The van der Waals surface area contributed by atoms with Gasteiger partial charge in [-0.05, 0) is 24.8 Å². The summed E-state index contributed by atoms with van der Waals surface area (Å²) in [7, 11) is 0. The van der Waals surface area contributed by atoms with Crippen LogP contribution in [0.3, 0.4) is 0 Å². The lowest BCUT2D eigenvalue weighted by Gasteiger charge is -2.05. The van der Waals surface area contributed by atoms with Gasteiger partial charge in [-0.1, -0.05) is 12.1 Å². The van der Waals surface area contributed by atoms with E-state index in [1.165, 1.54) is 18.4 Å². The summed E-state index contributed by atoms with van der Waals surface area (Å²) in [6.45, 7) is 5.20. The monoisotopic (exact) mass is 218 g/mol. The SMILES string of the molecule is C=CCCOc1ccc(CNC2CC2)cn1. The second-order valence-corrected chi connectivity index (χ2v) is 4.09. The molecule has 1 heterocycles. The fourth-order valence-corrected chi connectivity index (χ4v) is 1.40. The van der Waals surface area contributed by atoms with Gasteiger partial charge >= 0.3 is 0 Å². The van der Waals surface area contributed by atoms with Gasteiger partial charge in [0.05, 0.1) is 6.61 Å². The van der Waals surface area contributed by atoms with Gasteiger partial charge in [-0.3, -0.25) is 0 Å². The number of hydrogen-bond donors (Lipinski definition) is 1. The minimum Gasteiger partial charge on any atom is -0.477 e. The standard InChI is InChI=1S/C13H18N2O/c1-2-3-8-16-13-7-4-11(10-15-13)9-14-12-5-6-12/h2,4,7,10,12,14H,1,3,5-6,8-9H2. The summed E-state index contributed by atoms with van der Waals surface area (Å²) >= 11 is 0. The Labute approximate surface area is 96.5 Å². The van der Waals surface area contributed by atoms with Crippen LogP contribution in [0.4, 0.5) is 0 Å². The first-order chi connectivity index (χ1) is 7.88. The van der Waals surface area contributed by atoms with Crippen LogP contribution in [0.15, 0.2) is 31.0 Å².